The molecule has 1 aliphatic heterocycles. The number of hydrogen-bond acceptors (Lipinski definition) is 4. The Morgan fingerprint density at radius 3 is 2.95 bits per heavy atom. The Labute approximate surface area is 127 Å². The largest absolute Gasteiger partial charge is 0.490 e. The average molecular weight is 313 g/mol. The first-order chi connectivity index (χ1) is 10.1. The Balaban J connectivity index is 2.24. The van der Waals surface area contributed by atoms with Gasteiger partial charge >= 0.3 is 5.69 Å². The van der Waals surface area contributed by atoms with Gasteiger partial charge in [0.05, 0.1) is 17.6 Å². The first-order valence-electron chi connectivity index (χ1n) is 6.75. The van der Waals surface area contributed by atoms with E-state index in [1.54, 1.807) is 11.0 Å². The summed E-state index contributed by atoms with van der Waals surface area (Å²) in [6.45, 7) is 1.28. The van der Waals surface area contributed by atoms with E-state index in [-0.39, 0.29) is 22.9 Å². The number of hydrogen-bond donors (Lipinski definition) is 0. The zero-order chi connectivity index (χ0) is 15.4. The van der Waals surface area contributed by atoms with Crippen LogP contribution in [0.1, 0.15) is 23.2 Å². The highest BCUT2D eigenvalue weighted by atomic mass is 35.5. The second-order valence-electron chi connectivity index (χ2n) is 5.00. The van der Waals surface area contributed by atoms with Crippen molar-refractivity contribution in [2.75, 3.05) is 26.1 Å². The van der Waals surface area contributed by atoms with Crippen LogP contribution in [0.3, 0.4) is 0 Å². The maximum absolute atomic E-state index is 12.5. The lowest BCUT2D eigenvalue weighted by molar-refractivity contribution is -0.385. The first kappa shape index (κ1) is 15.6. The first-order valence-corrected chi connectivity index (χ1v) is 7.28. The van der Waals surface area contributed by atoms with E-state index in [2.05, 4.69) is 0 Å². The molecule has 1 amide bonds. The molecule has 0 N–H and O–H groups in total. The van der Waals surface area contributed by atoms with Gasteiger partial charge in [0, 0.05) is 25.0 Å². The van der Waals surface area contributed by atoms with Crippen molar-refractivity contribution in [1.29, 1.82) is 0 Å². The van der Waals surface area contributed by atoms with E-state index < -0.39 is 4.92 Å². The second-order valence-corrected chi connectivity index (χ2v) is 5.38. The normalized spacial score (nSPS) is 17.8. The van der Waals surface area contributed by atoms with Crippen molar-refractivity contribution >= 4 is 23.2 Å². The minimum Gasteiger partial charge on any atom is -0.490 e. The van der Waals surface area contributed by atoms with Gasteiger partial charge in [-0.2, -0.15) is 0 Å². The van der Waals surface area contributed by atoms with E-state index in [0.717, 1.165) is 12.8 Å². The van der Waals surface area contributed by atoms with Crippen LogP contribution >= 0.6 is 11.6 Å². The third-order valence-corrected chi connectivity index (χ3v) is 3.93. The summed E-state index contributed by atoms with van der Waals surface area (Å²) >= 11 is 5.73. The zero-order valence-electron chi connectivity index (χ0n) is 11.8. The Hall–Kier alpha value is -1.82. The summed E-state index contributed by atoms with van der Waals surface area (Å²) in [7, 11) is 1.33. The molecule has 1 aromatic carbocycles. The number of ether oxygens (including phenoxy) is 1. The summed E-state index contributed by atoms with van der Waals surface area (Å²) in [6.07, 6.45) is 1.78. The number of likely N-dealkylation sites (tertiary alicyclic amines) is 1. The summed E-state index contributed by atoms with van der Waals surface area (Å²) < 4.78 is 5.08. The van der Waals surface area contributed by atoms with Crippen molar-refractivity contribution in [2.24, 2.45) is 5.92 Å². The fourth-order valence-electron chi connectivity index (χ4n) is 2.63. The standard InChI is InChI=1S/C14H17ClN2O4/c1-21-13-11(3-2-4-12(13)17(19)20)14(18)16-8-6-10(9-16)5-7-15/h2-4,10H,5-9H2,1H3. The lowest BCUT2D eigenvalue weighted by Crippen LogP contribution is -2.29. The molecule has 0 saturated carbocycles. The van der Waals surface area contributed by atoms with Crippen molar-refractivity contribution in [2.45, 2.75) is 12.8 Å². The third-order valence-electron chi connectivity index (χ3n) is 3.72. The smallest absolute Gasteiger partial charge is 0.311 e. The van der Waals surface area contributed by atoms with Gasteiger partial charge in [-0.25, -0.2) is 0 Å². The number of rotatable bonds is 5. The Bertz CT molecular complexity index is 550. The molecule has 0 aliphatic carbocycles. The SMILES string of the molecule is COc1c(C(=O)N2CCC(CCCl)C2)cccc1[N+](=O)[O-]. The monoisotopic (exact) mass is 312 g/mol. The molecule has 2 rings (SSSR count). The van der Waals surface area contributed by atoms with E-state index in [1.807, 2.05) is 0 Å². The van der Waals surface area contributed by atoms with Crippen LogP contribution in [0.4, 0.5) is 5.69 Å². The fraction of sp³-hybridized carbons (Fsp3) is 0.500. The molecule has 7 heteroatoms. The number of amides is 1. The zero-order valence-corrected chi connectivity index (χ0v) is 12.5. The van der Waals surface area contributed by atoms with Crippen molar-refractivity contribution in [3.05, 3.63) is 33.9 Å². The predicted octanol–water partition coefficient (Wildman–Crippen LogP) is 2.69. The Morgan fingerprint density at radius 1 is 1.57 bits per heavy atom. The summed E-state index contributed by atoms with van der Waals surface area (Å²) in [4.78, 5) is 24.7. The van der Waals surface area contributed by atoms with Crippen molar-refractivity contribution in [3.8, 4) is 5.75 Å². The summed E-state index contributed by atoms with van der Waals surface area (Å²) in [5.74, 6) is 0.768. The van der Waals surface area contributed by atoms with Gasteiger partial charge in [-0.15, -0.1) is 11.6 Å². The maximum atomic E-state index is 12.5. The molecule has 0 radical (unpaired) electrons. The van der Waals surface area contributed by atoms with Crippen LogP contribution in [-0.4, -0.2) is 41.8 Å². The highest BCUT2D eigenvalue weighted by Gasteiger charge is 2.30. The number of nitro benzene ring substituents is 1. The molecule has 1 aromatic rings. The van der Waals surface area contributed by atoms with E-state index >= 15 is 0 Å². The maximum Gasteiger partial charge on any atom is 0.311 e. The quantitative estimate of drug-likeness (QED) is 0.476. The number of nitro groups is 1. The highest BCUT2D eigenvalue weighted by molar-refractivity contribution is 6.17. The minimum absolute atomic E-state index is 0.0216. The van der Waals surface area contributed by atoms with E-state index in [4.69, 9.17) is 16.3 Å². The van der Waals surface area contributed by atoms with Crippen LogP contribution in [0.2, 0.25) is 0 Å². The predicted molar refractivity (Wildman–Crippen MR) is 79.0 cm³/mol. The van der Waals surface area contributed by atoms with Crippen LogP contribution in [-0.2, 0) is 0 Å². The molecule has 0 spiro atoms. The molecule has 1 heterocycles. The molecule has 1 unspecified atom stereocenters. The van der Waals surface area contributed by atoms with Crippen LogP contribution in [0, 0.1) is 16.0 Å². The van der Waals surface area contributed by atoms with Crippen LogP contribution in [0.5, 0.6) is 5.75 Å². The third kappa shape index (κ3) is 3.26. The van der Waals surface area contributed by atoms with Crippen LogP contribution in [0.25, 0.3) is 0 Å². The van der Waals surface area contributed by atoms with Crippen LogP contribution < -0.4 is 4.74 Å². The molecule has 21 heavy (non-hydrogen) atoms. The number of halogens is 1. The van der Waals surface area contributed by atoms with E-state index in [0.29, 0.717) is 24.9 Å². The number of carbonyl (C=O) groups is 1. The Kier molecular flexibility index (Phi) is 5.01. The fourth-order valence-corrected chi connectivity index (χ4v) is 2.94. The average Bonchev–Trinajstić information content (AvgIpc) is 2.94. The molecular formula is C14H17ClN2O4. The molecule has 1 atom stereocenters. The topological polar surface area (TPSA) is 72.7 Å². The number of methoxy groups -OCH3 is 1. The van der Waals surface area contributed by atoms with Crippen LogP contribution in [0.15, 0.2) is 18.2 Å². The van der Waals surface area contributed by atoms with Gasteiger partial charge in [-0.05, 0) is 24.8 Å². The van der Waals surface area contributed by atoms with Gasteiger partial charge in [0.1, 0.15) is 0 Å². The molecule has 1 saturated heterocycles. The second kappa shape index (κ2) is 6.76. The summed E-state index contributed by atoms with van der Waals surface area (Å²) in [6, 6.07) is 4.39. The molecule has 0 bridgehead atoms. The molecule has 1 fully saturated rings. The van der Waals surface area contributed by atoms with Crippen molar-refractivity contribution < 1.29 is 14.5 Å². The number of nitrogens with zero attached hydrogens (tertiary/aromatic N) is 2. The molecule has 114 valence electrons. The van der Waals surface area contributed by atoms with E-state index in [1.165, 1.54) is 19.2 Å². The van der Waals surface area contributed by atoms with Gasteiger partial charge in [-0.3, -0.25) is 14.9 Å². The lowest BCUT2D eigenvalue weighted by Gasteiger charge is -2.18. The van der Waals surface area contributed by atoms with Gasteiger partial charge < -0.3 is 9.64 Å². The number of benzene rings is 1. The van der Waals surface area contributed by atoms with Gasteiger partial charge in [0.2, 0.25) is 5.75 Å². The van der Waals surface area contributed by atoms with Gasteiger partial charge in [0.25, 0.3) is 5.91 Å². The van der Waals surface area contributed by atoms with Gasteiger partial charge in [0.15, 0.2) is 0 Å². The summed E-state index contributed by atoms with van der Waals surface area (Å²) in [5, 5.41) is 11.0. The number of para-hydroxylation sites is 1. The summed E-state index contributed by atoms with van der Waals surface area (Å²) in [5.41, 5.74) is 0.0399. The number of alkyl halides is 1. The Morgan fingerprint density at radius 2 is 2.33 bits per heavy atom. The van der Waals surface area contributed by atoms with Gasteiger partial charge in [-0.1, -0.05) is 6.07 Å². The highest BCUT2D eigenvalue weighted by Crippen LogP contribution is 2.32. The molecular weight excluding hydrogens is 296 g/mol. The number of carbonyl (C=O) groups excluding carboxylic acids is 1. The lowest BCUT2D eigenvalue weighted by atomic mass is 10.1. The molecule has 6 nitrogen and oxygen atoms in total. The van der Waals surface area contributed by atoms with Crippen molar-refractivity contribution in [3.63, 3.8) is 0 Å². The van der Waals surface area contributed by atoms with Crippen molar-refractivity contribution in [1.82, 2.24) is 4.90 Å². The minimum atomic E-state index is -0.546. The molecule has 1 aliphatic rings. The van der Waals surface area contributed by atoms with E-state index in [9.17, 15) is 14.9 Å². The molecule has 0 aromatic heterocycles.